The zero-order valence-corrected chi connectivity index (χ0v) is 26.3. The summed E-state index contributed by atoms with van der Waals surface area (Å²) in [5.41, 5.74) is 3.97. The van der Waals surface area contributed by atoms with Crippen LogP contribution in [0.25, 0.3) is 11.1 Å². The molecule has 1 aliphatic heterocycles. The molecule has 0 bridgehead atoms. The number of hydrogen-bond donors (Lipinski definition) is 2. The van der Waals surface area contributed by atoms with Gasteiger partial charge in [0, 0.05) is 44.8 Å². The molecule has 3 aromatic carbocycles. The normalized spacial score (nSPS) is 14.3. The van der Waals surface area contributed by atoms with Crippen LogP contribution in [0.15, 0.2) is 79.6 Å². The maximum absolute atomic E-state index is 13.9. The first kappa shape index (κ1) is 32.3. The molecule has 1 aromatic heterocycles. The van der Waals surface area contributed by atoms with Crippen LogP contribution in [0.2, 0.25) is 0 Å². The molecular formula is C34H37F2N7O3. The van der Waals surface area contributed by atoms with Crippen molar-refractivity contribution >= 4 is 34.6 Å². The largest absolute Gasteiger partial charge is 0.494 e. The third kappa shape index (κ3) is 7.59. The van der Waals surface area contributed by atoms with Crippen molar-refractivity contribution in [2.45, 2.75) is 12.5 Å². The Hall–Kier alpha value is -5.07. The molecule has 1 atom stereocenters. The Morgan fingerprint density at radius 2 is 1.83 bits per heavy atom. The highest BCUT2D eigenvalue weighted by molar-refractivity contribution is 6.02. The van der Waals surface area contributed by atoms with E-state index in [1.807, 2.05) is 56.4 Å². The van der Waals surface area contributed by atoms with E-state index in [0.717, 1.165) is 23.9 Å². The maximum atomic E-state index is 13.9. The fourth-order valence-electron chi connectivity index (χ4n) is 5.22. The molecule has 2 N–H and O–H groups in total. The summed E-state index contributed by atoms with van der Waals surface area (Å²) < 4.78 is 33.6. The van der Waals surface area contributed by atoms with Crippen LogP contribution in [0, 0.1) is 11.6 Å². The molecule has 5 rings (SSSR count). The number of anilines is 5. The fraction of sp³-hybridized carbons (Fsp3) is 0.265. The predicted molar refractivity (Wildman–Crippen MR) is 177 cm³/mol. The van der Waals surface area contributed by atoms with Crippen LogP contribution in [0.3, 0.4) is 0 Å². The number of rotatable bonds is 12. The number of aromatic nitrogens is 2. The molecule has 46 heavy (non-hydrogen) atoms. The number of nitrogens with zero attached hydrogens (tertiary/aromatic N) is 5. The number of methoxy groups -OCH3 is 1. The van der Waals surface area contributed by atoms with Gasteiger partial charge in [0.1, 0.15) is 29.5 Å². The van der Waals surface area contributed by atoms with E-state index in [-0.39, 0.29) is 11.9 Å². The first-order valence-corrected chi connectivity index (χ1v) is 14.7. The Labute approximate surface area is 267 Å². The van der Waals surface area contributed by atoms with Gasteiger partial charge in [-0.15, -0.1) is 0 Å². The van der Waals surface area contributed by atoms with E-state index in [4.69, 9.17) is 9.57 Å². The molecule has 240 valence electrons. The SMILES string of the molecule is C=CC(=O)Nc1cc(Nc2cc(N3OCCC3c3cccc(-c4cc(F)cc(F)c4)c3)ncn2)c(OC)cc1N(C)CCN(C)C. The van der Waals surface area contributed by atoms with Crippen molar-refractivity contribution in [2.24, 2.45) is 0 Å². The Morgan fingerprint density at radius 1 is 1.04 bits per heavy atom. The fourth-order valence-corrected chi connectivity index (χ4v) is 5.22. The molecule has 1 amide bonds. The third-order valence-corrected chi connectivity index (χ3v) is 7.57. The molecule has 1 fully saturated rings. The highest BCUT2D eigenvalue weighted by atomic mass is 19.1. The lowest BCUT2D eigenvalue weighted by molar-refractivity contribution is -0.111. The van der Waals surface area contributed by atoms with Gasteiger partial charge in [-0.1, -0.05) is 24.8 Å². The summed E-state index contributed by atoms with van der Waals surface area (Å²) in [7, 11) is 7.52. The van der Waals surface area contributed by atoms with Crippen molar-refractivity contribution < 1.29 is 23.1 Å². The van der Waals surface area contributed by atoms with Crippen LogP contribution < -0.4 is 25.3 Å². The summed E-state index contributed by atoms with van der Waals surface area (Å²) in [6.07, 6.45) is 3.32. The Balaban J connectivity index is 1.42. The van der Waals surface area contributed by atoms with Crippen molar-refractivity contribution in [3.05, 3.63) is 96.8 Å². The second-order valence-electron chi connectivity index (χ2n) is 11.1. The van der Waals surface area contributed by atoms with Gasteiger partial charge in [0.2, 0.25) is 5.91 Å². The first-order valence-electron chi connectivity index (χ1n) is 14.7. The Morgan fingerprint density at radius 3 is 2.54 bits per heavy atom. The summed E-state index contributed by atoms with van der Waals surface area (Å²) in [6.45, 7) is 5.57. The molecule has 10 nitrogen and oxygen atoms in total. The lowest BCUT2D eigenvalue weighted by Gasteiger charge is -2.26. The number of hydroxylamine groups is 1. The van der Waals surface area contributed by atoms with Crippen molar-refractivity contribution in [1.82, 2.24) is 14.9 Å². The van der Waals surface area contributed by atoms with E-state index in [2.05, 4.69) is 32.1 Å². The zero-order valence-electron chi connectivity index (χ0n) is 26.3. The van der Waals surface area contributed by atoms with Crippen molar-refractivity contribution in [1.29, 1.82) is 0 Å². The molecule has 1 unspecified atom stereocenters. The van der Waals surface area contributed by atoms with Crippen molar-refractivity contribution in [3.63, 3.8) is 0 Å². The quantitative estimate of drug-likeness (QED) is 0.178. The average Bonchev–Trinajstić information content (AvgIpc) is 3.54. The van der Waals surface area contributed by atoms with Crippen LogP contribution in [-0.4, -0.2) is 68.7 Å². The lowest BCUT2D eigenvalue weighted by atomic mass is 9.98. The van der Waals surface area contributed by atoms with Crippen LogP contribution in [0.1, 0.15) is 18.0 Å². The van der Waals surface area contributed by atoms with Gasteiger partial charge in [-0.2, -0.15) is 0 Å². The van der Waals surface area contributed by atoms with Gasteiger partial charge in [-0.25, -0.2) is 23.8 Å². The van der Waals surface area contributed by atoms with E-state index in [9.17, 15) is 13.6 Å². The summed E-state index contributed by atoms with van der Waals surface area (Å²) >= 11 is 0. The minimum atomic E-state index is -0.634. The van der Waals surface area contributed by atoms with Gasteiger partial charge in [0.05, 0.1) is 36.8 Å². The zero-order chi connectivity index (χ0) is 32.8. The molecule has 1 aliphatic rings. The predicted octanol–water partition coefficient (Wildman–Crippen LogP) is 6.18. The number of halogens is 2. The summed E-state index contributed by atoms with van der Waals surface area (Å²) in [4.78, 5) is 31.3. The van der Waals surface area contributed by atoms with Gasteiger partial charge in [-0.05, 0) is 61.1 Å². The standard InChI is InChI=1S/C34H37F2N7O3/c1-6-34(44)40-27-18-28(31(45-5)19-30(27)42(4)12-11-41(2)3)39-32-20-33(38-21-37-32)43-29(10-13-46-43)23-9-7-8-22(14-23)24-15-25(35)17-26(36)16-24/h6-9,14-21,29H,1,10-13H2,2-5H3,(H,40,44)(H,37,38,39). The number of carbonyl (C=O) groups excluding carboxylic acids is 1. The van der Waals surface area contributed by atoms with Gasteiger partial charge in [0.25, 0.3) is 0 Å². The highest BCUT2D eigenvalue weighted by Crippen LogP contribution is 2.40. The minimum absolute atomic E-state index is 0.201. The summed E-state index contributed by atoms with van der Waals surface area (Å²) in [5.74, 6) is -0.0799. The smallest absolute Gasteiger partial charge is 0.247 e. The average molecular weight is 630 g/mol. The van der Waals surface area contributed by atoms with E-state index >= 15 is 0 Å². The number of benzene rings is 3. The Kier molecular flexibility index (Phi) is 10.1. The van der Waals surface area contributed by atoms with Gasteiger partial charge < -0.3 is 25.2 Å². The van der Waals surface area contributed by atoms with Crippen LogP contribution in [-0.2, 0) is 9.63 Å². The van der Waals surface area contributed by atoms with Crippen LogP contribution in [0.5, 0.6) is 5.75 Å². The highest BCUT2D eigenvalue weighted by Gasteiger charge is 2.29. The topological polar surface area (TPSA) is 95.1 Å². The molecule has 2 heterocycles. The van der Waals surface area contributed by atoms with E-state index in [1.165, 1.54) is 24.5 Å². The minimum Gasteiger partial charge on any atom is -0.494 e. The van der Waals surface area contributed by atoms with Gasteiger partial charge in [0.15, 0.2) is 5.82 Å². The molecule has 1 saturated heterocycles. The molecule has 4 aromatic rings. The molecule has 12 heteroatoms. The Bertz CT molecular complexity index is 1700. The summed E-state index contributed by atoms with van der Waals surface area (Å²) in [6, 6.07) is 16.2. The molecule has 0 spiro atoms. The monoisotopic (exact) mass is 629 g/mol. The lowest BCUT2D eigenvalue weighted by Crippen LogP contribution is -2.29. The van der Waals surface area contributed by atoms with E-state index in [1.54, 1.807) is 24.3 Å². The van der Waals surface area contributed by atoms with Crippen molar-refractivity contribution in [3.8, 4) is 16.9 Å². The first-order chi connectivity index (χ1) is 22.1. The molecular weight excluding hydrogens is 592 g/mol. The number of hydrogen-bond acceptors (Lipinski definition) is 9. The molecule has 0 aliphatic carbocycles. The second-order valence-corrected chi connectivity index (χ2v) is 11.1. The van der Waals surface area contributed by atoms with Gasteiger partial charge in [-0.3, -0.25) is 9.63 Å². The van der Waals surface area contributed by atoms with Crippen LogP contribution in [0.4, 0.5) is 37.5 Å². The van der Waals surface area contributed by atoms with Crippen molar-refractivity contribution in [2.75, 3.05) is 68.5 Å². The summed E-state index contributed by atoms with van der Waals surface area (Å²) in [5, 5.41) is 7.91. The number of ether oxygens (including phenoxy) is 1. The number of nitrogens with one attached hydrogen (secondary N) is 2. The maximum Gasteiger partial charge on any atom is 0.247 e. The molecule has 0 radical (unpaired) electrons. The van der Waals surface area contributed by atoms with E-state index in [0.29, 0.717) is 59.5 Å². The number of likely N-dealkylation sites (N-methyl/N-ethyl adjacent to an activating group) is 2. The van der Waals surface area contributed by atoms with Crippen LogP contribution >= 0.6 is 0 Å². The third-order valence-electron chi connectivity index (χ3n) is 7.57. The number of carbonyl (C=O) groups is 1. The number of amides is 1. The van der Waals surface area contributed by atoms with E-state index < -0.39 is 11.6 Å². The van der Waals surface area contributed by atoms with Gasteiger partial charge >= 0.3 is 0 Å². The second kappa shape index (κ2) is 14.4. The molecule has 0 saturated carbocycles.